The molecule has 2 fully saturated rings. The molecule has 0 radical (unpaired) electrons. The molecule has 0 N–H and O–H groups in total. The summed E-state index contributed by atoms with van der Waals surface area (Å²) < 4.78 is 24.3. The van der Waals surface area contributed by atoms with Crippen molar-refractivity contribution in [3.63, 3.8) is 0 Å². The number of nitrogens with zero attached hydrogens (tertiary/aromatic N) is 1. The Balaban J connectivity index is 1.60. The fourth-order valence-electron chi connectivity index (χ4n) is 2.66. The first-order valence-corrected chi connectivity index (χ1v) is 8.51. The van der Waals surface area contributed by atoms with Gasteiger partial charge in [-0.15, -0.1) is 0 Å². The molecule has 1 aliphatic carbocycles. The van der Waals surface area contributed by atoms with Gasteiger partial charge in [0.2, 0.25) is 0 Å². The van der Waals surface area contributed by atoms with Crippen molar-refractivity contribution >= 4 is 40.3 Å². The van der Waals surface area contributed by atoms with Gasteiger partial charge in [-0.3, -0.25) is 9.69 Å². The van der Waals surface area contributed by atoms with Crippen molar-refractivity contribution in [1.82, 2.24) is 4.90 Å². The second-order valence-corrected chi connectivity index (χ2v) is 7.08. The molecule has 1 aromatic carbocycles. The molecular weight excluding hydrogens is 349 g/mol. The maximum Gasteiger partial charge on any atom is 0.270 e. The number of halogens is 1. The molecule has 2 saturated heterocycles. The maximum atomic E-state index is 13.0. The average molecular weight is 361 g/mol. The van der Waals surface area contributed by atoms with Crippen LogP contribution >= 0.6 is 24.0 Å². The molecule has 0 spiro atoms. The predicted molar refractivity (Wildman–Crippen MR) is 93.2 cm³/mol. The summed E-state index contributed by atoms with van der Waals surface area (Å²) in [6.45, 7) is 0.242. The first-order valence-electron chi connectivity index (χ1n) is 7.28. The third kappa shape index (κ3) is 2.84. The number of carbonyl (C=O) groups excluding carboxylic acids is 1. The zero-order valence-corrected chi connectivity index (χ0v) is 14.0. The van der Waals surface area contributed by atoms with Crippen molar-refractivity contribution in [3.8, 4) is 0 Å². The van der Waals surface area contributed by atoms with Gasteiger partial charge in [-0.1, -0.05) is 42.2 Å². The van der Waals surface area contributed by atoms with Crippen molar-refractivity contribution < 1.29 is 18.7 Å². The molecule has 0 bridgehead atoms. The zero-order chi connectivity index (χ0) is 16.7. The van der Waals surface area contributed by atoms with Gasteiger partial charge in [0.15, 0.2) is 4.32 Å². The van der Waals surface area contributed by atoms with Crippen LogP contribution in [0.5, 0.6) is 0 Å². The Morgan fingerprint density at radius 1 is 1.25 bits per heavy atom. The minimum atomic E-state index is -0.314. The van der Waals surface area contributed by atoms with Gasteiger partial charge >= 0.3 is 0 Å². The van der Waals surface area contributed by atoms with Gasteiger partial charge in [-0.2, -0.15) is 0 Å². The van der Waals surface area contributed by atoms with Crippen molar-refractivity contribution in [3.05, 3.63) is 64.5 Å². The molecule has 4 nitrogen and oxygen atoms in total. The van der Waals surface area contributed by atoms with Gasteiger partial charge in [0.25, 0.3) is 5.91 Å². The highest BCUT2D eigenvalue weighted by molar-refractivity contribution is 8.26. The second-order valence-electron chi connectivity index (χ2n) is 5.40. The van der Waals surface area contributed by atoms with Crippen LogP contribution in [0, 0.1) is 5.82 Å². The molecule has 122 valence electrons. The molecule has 2 aliphatic heterocycles. The summed E-state index contributed by atoms with van der Waals surface area (Å²) in [6, 6.07) is 5.96. The van der Waals surface area contributed by atoms with Gasteiger partial charge < -0.3 is 9.47 Å². The Morgan fingerprint density at radius 2 is 2.00 bits per heavy atom. The van der Waals surface area contributed by atoms with Crippen LogP contribution in [0.3, 0.4) is 0 Å². The molecule has 4 rings (SSSR count). The fraction of sp³-hybridized carbons (Fsp3) is 0.176. The minimum absolute atomic E-state index is 0.109. The number of amides is 1. The van der Waals surface area contributed by atoms with E-state index in [-0.39, 0.29) is 30.7 Å². The van der Waals surface area contributed by atoms with Crippen LogP contribution in [-0.2, 0) is 14.3 Å². The van der Waals surface area contributed by atoms with Crippen LogP contribution in [0.2, 0.25) is 0 Å². The van der Waals surface area contributed by atoms with Gasteiger partial charge in [0, 0.05) is 5.70 Å². The molecular formula is C17H12FNO3S2. The molecule has 0 saturated carbocycles. The summed E-state index contributed by atoms with van der Waals surface area (Å²) in [4.78, 5) is 14.7. The van der Waals surface area contributed by atoms with Gasteiger partial charge in [-0.05, 0) is 35.9 Å². The summed E-state index contributed by atoms with van der Waals surface area (Å²) in [5, 5.41) is 0. The third-order valence-corrected chi connectivity index (χ3v) is 5.16. The summed E-state index contributed by atoms with van der Waals surface area (Å²) in [5.74, 6) is -0.506. The second kappa shape index (κ2) is 6.25. The van der Waals surface area contributed by atoms with E-state index in [4.69, 9.17) is 21.7 Å². The standard InChI is InChI=1S/C17H12FNO3S2/c18-11-3-1-10(2-4-11)7-15-16(20)19(17(23)24-15)12-5-6-13-14(8-12)22-9-21-13/h1-8,13-14H,9H2/b15-7-/t13-,14-/m0/s1. The van der Waals surface area contributed by atoms with Crippen LogP contribution in [0.1, 0.15) is 5.56 Å². The van der Waals surface area contributed by atoms with E-state index in [1.54, 1.807) is 18.2 Å². The number of thioether (sulfide) groups is 1. The molecule has 3 aliphatic rings. The number of benzene rings is 1. The zero-order valence-electron chi connectivity index (χ0n) is 12.3. The summed E-state index contributed by atoms with van der Waals surface area (Å²) in [7, 11) is 0. The number of hydrogen-bond acceptors (Lipinski definition) is 5. The van der Waals surface area contributed by atoms with Crippen molar-refractivity contribution in [1.29, 1.82) is 0 Å². The highest BCUT2D eigenvalue weighted by atomic mass is 32.2. The van der Waals surface area contributed by atoms with Crippen molar-refractivity contribution in [2.45, 2.75) is 12.2 Å². The Bertz CT molecular complexity index is 801. The van der Waals surface area contributed by atoms with Crippen LogP contribution in [0.15, 0.2) is 53.1 Å². The van der Waals surface area contributed by atoms with Crippen LogP contribution in [0.25, 0.3) is 6.08 Å². The highest BCUT2D eigenvalue weighted by Gasteiger charge is 2.37. The average Bonchev–Trinajstić information content (AvgIpc) is 3.14. The Morgan fingerprint density at radius 3 is 2.79 bits per heavy atom. The van der Waals surface area contributed by atoms with Gasteiger partial charge in [-0.25, -0.2) is 4.39 Å². The Labute approximate surface area is 147 Å². The van der Waals surface area contributed by atoms with Crippen molar-refractivity contribution in [2.24, 2.45) is 0 Å². The van der Waals surface area contributed by atoms with Gasteiger partial charge in [0.1, 0.15) is 24.8 Å². The lowest BCUT2D eigenvalue weighted by molar-refractivity contribution is -0.120. The smallest absolute Gasteiger partial charge is 0.270 e. The lowest BCUT2D eigenvalue weighted by atomic mass is 10.1. The SMILES string of the molecule is O=C1/C(=C/c2ccc(F)cc2)SC(=S)N1C1=C[C@@H]2OCO[C@H]2C=C1. The molecule has 0 unspecified atom stereocenters. The van der Waals surface area contributed by atoms with E-state index in [1.807, 2.05) is 18.2 Å². The summed E-state index contributed by atoms with van der Waals surface area (Å²) in [5.41, 5.74) is 1.43. The number of carbonyl (C=O) groups is 1. The lowest BCUT2D eigenvalue weighted by Crippen LogP contribution is -2.31. The number of allylic oxidation sites excluding steroid dienone is 1. The normalized spacial score (nSPS) is 27.8. The number of fused-ring (bicyclic) bond motifs is 1. The van der Waals surface area contributed by atoms with Gasteiger partial charge in [0.05, 0.1) is 4.91 Å². The topological polar surface area (TPSA) is 38.8 Å². The van der Waals surface area contributed by atoms with Crippen LogP contribution in [0.4, 0.5) is 4.39 Å². The van der Waals surface area contributed by atoms with E-state index >= 15 is 0 Å². The Kier molecular flexibility index (Phi) is 4.09. The van der Waals surface area contributed by atoms with E-state index in [0.717, 1.165) is 5.56 Å². The van der Waals surface area contributed by atoms with Crippen LogP contribution in [-0.4, -0.2) is 34.1 Å². The number of thiocarbonyl (C=S) groups is 1. The monoisotopic (exact) mass is 361 g/mol. The quantitative estimate of drug-likeness (QED) is 0.597. The first kappa shape index (κ1) is 15.7. The largest absolute Gasteiger partial charge is 0.345 e. The molecule has 7 heteroatoms. The fourth-order valence-corrected chi connectivity index (χ4v) is 3.96. The lowest BCUT2D eigenvalue weighted by Gasteiger charge is -2.22. The van der Waals surface area contributed by atoms with E-state index in [0.29, 0.717) is 14.9 Å². The van der Waals surface area contributed by atoms with Crippen LogP contribution < -0.4 is 0 Å². The first-order chi connectivity index (χ1) is 11.6. The molecule has 1 aromatic rings. The van der Waals surface area contributed by atoms with Crippen molar-refractivity contribution in [2.75, 3.05) is 6.79 Å². The predicted octanol–water partition coefficient (Wildman–Crippen LogP) is 3.22. The van der Waals surface area contributed by atoms with E-state index in [9.17, 15) is 9.18 Å². The highest BCUT2D eigenvalue weighted by Crippen LogP contribution is 2.37. The molecule has 0 aromatic heterocycles. The number of rotatable bonds is 2. The molecule has 2 atom stereocenters. The summed E-state index contributed by atoms with van der Waals surface area (Å²) >= 11 is 6.58. The number of ether oxygens (including phenoxy) is 2. The Hall–Kier alpha value is -1.80. The van der Waals surface area contributed by atoms with E-state index < -0.39 is 0 Å². The molecule has 1 amide bonds. The molecule has 24 heavy (non-hydrogen) atoms. The summed E-state index contributed by atoms with van der Waals surface area (Å²) in [6.07, 6.45) is 6.95. The van der Waals surface area contributed by atoms with E-state index in [1.165, 1.54) is 28.8 Å². The van der Waals surface area contributed by atoms with E-state index in [2.05, 4.69) is 0 Å². The number of hydrogen-bond donors (Lipinski definition) is 0. The third-order valence-electron chi connectivity index (χ3n) is 3.86. The minimum Gasteiger partial charge on any atom is -0.345 e. The maximum absolute atomic E-state index is 13.0. The molecule has 2 heterocycles.